The molecule has 0 heterocycles. The molecule has 34 heavy (non-hydrogen) atoms. The highest BCUT2D eigenvalue weighted by Crippen LogP contribution is 2.25. The molecular formula is C27H28Cl2N2O2S. The molecule has 0 radical (unpaired) electrons. The third kappa shape index (κ3) is 7.79. The predicted octanol–water partition coefficient (Wildman–Crippen LogP) is 6.00. The molecule has 2 amide bonds. The number of hydrogen-bond acceptors (Lipinski definition) is 3. The Balaban J connectivity index is 1.80. The number of amides is 2. The van der Waals surface area contributed by atoms with Gasteiger partial charge in [-0.05, 0) is 35.7 Å². The van der Waals surface area contributed by atoms with E-state index in [0.717, 1.165) is 16.7 Å². The number of likely N-dealkylation sites (N-methyl/N-ethyl adjacent to an activating group) is 1. The quantitative estimate of drug-likeness (QED) is 0.341. The second kappa shape index (κ2) is 13.4. The number of carbonyl (C=O) groups excluding carboxylic acids is 2. The molecule has 178 valence electrons. The Morgan fingerprint density at radius 3 is 2.21 bits per heavy atom. The maximum Gasteiger partial charge on any atom is 0.243 e. The minimum absolute atomic E-state index is 0.0916. The van der Waals surface area contributed by atoms with Crippen LogP contribution in [0.4, 0.5) is 0 Å². The van der Waals surface area contributed by atoms with Gasteiger partial charge in [0, 0.05) is 35.3 Å². The third-order valence-electron chi connectivity index (χ3n) is 5.32. The Labute approximate surface area is 215 Å². The van der Waals surface area contributed by atoms with Gasteiger partial charge in [-0.2, -0.15) is 0 Å². The van der Waals surface area contributed by atoms with Crippen molar-refractivity contribution in [2.24, 2.45) is 0 Å². The minimum Gasteiger partial charge on any atom is -0.355 e. The molecule has 0 aliphatic carbocycles. The highest BCUT2D eigenvalue weighted by atomic mass is 35.5. The van der Waals surface area contributed by atoms with E-state index < -0.39 is 6.04 Å². The van der Waals surface area contributed by atoms with Gasteiger partial charge in [0.15, 0.2) is 0 Å². The van der Waals surface area contributed by atoms with Gasteiger partial charge in [-0.15, -0.1) is 11.8 Å². The van der Waals surface area contributed by atoms with E-state index in [1.807, 2.05) is 73.7 Å². The van der Waals surface area contributed by atoms with E-state index in [2.05, 4.69) is 5.32 Å². The van der Waals surface area contributed by atoms with Crippen LogP contribution in [0.25, 0.3) is 0 Å². The molecule has 0 spiro atoms. The average molecular weight is 516 g/mol. The van der Waals surface area contributed by atoms with Gasteiger partial charge in [-0.3, -0.25) is 9.59 Å². The van der Waals surface area contributed by atoms with E-state index in [4.69, 9.17) is 23.2 Å². The maximum atomic E-state index is 13.5. The smallest absolute Gasteiger partial charge is 0.243 e. The van der Waals surface area contributed by atoms with Crippen molar-refractivity contribution in [2.75, 3.05) is 12.3 Å². The molecule has 1 N–H and O–H groups in total. The van der Waals surface area contributed by atoms with Crippen molar-refractivity contribution in [2.45, 2.75) is 31.7 Å². The Bertz CT molecular complexity index is 1080. The third-order valence-corrected chi connectivity index (χ3v) is 6.87. The lowest BCUT2D eigenvalue weighted by molar-refractivity contribution is -0.139. The molecule has 4 nitrogen and oxygen atoms in total. The van der Waals surface area contributed by atoms with E-state index in [0.29, 0.717) is 35.3 Å². The van der Waals surface area contributed by atoms with Crippen LogP contribution in [0.2, 0.25) is 10.0 Å². The number of benzene rings is 3. The van der Waals surface area contributed by atoms with Gasteiger partial charge in [0.05, 0.1) is 5.75 Å². The zero-order valence-corrected chi connectivity index (χ0v) is 21.4. The average Bonchev–Trinajstić information content (AvgIpc) is 2.84. The fraction of sp³-hybridized carbons (Fsp3) is 0.259. The van der Waals surface area contributed by atoms with E-state index >= 15 is 0 Å². The Kier molecular flexibility index (Phi) is 10.3. The number of hydrogen-bond donors (Lipinski definition) is 1. The number of halogens is 2. The highest BCUT2D eigenvalue weighted by molar-refractivity contribution is 7.99. The molecule has 1 atom stereocenters. The van der Waals surface area contributed by atoms with E-state index in [-0.39, 0.29) is 17.6 Å². The number of carbonyl (C=O) groups is 2. The van der Waals surface area contributed by atoms with Gasteiger partial charge < -0.3 is 10.2 Å². The fourth-order valence-corrected chi connectivity index (χ4v) is 5.06. The van der Waals surface area contributed by atoms with Crippen LogP contribution >= 0.6 is 35.0 Å². The van der Waals surface area contributed by atoms with Crippen LogP contribution in [0, 0.1) is 0 Å². The number of rotatable bonds is 11. The van der Waals surface area contributed by atoms with E-state index in [9.17, 15) is 9.59 Å². The van der Waals surface area contributed by atoms with Gasteiger partial charge >= 0.3 is 0 Å². The summed E-state index contributed by atoms with van der Waals surface area (Å²) >= 11 is 13.7. The normalized spacial score (nSPS) is 11.6. The van der Waals surface area contributed by atoms with Crippen molar-refractivity contribution < 1.29 is 9.59 Å². The van der Waals surface area contributed by atoms with Gasteiger partial charge in [0.25, 0.3) is 0 Å². The standard InChI is InChI=1S/C27H28Cl2N2O2S/c1-2-30-27(33)25(15-20-9-5-3-6-10-20)31(17-21-11-7-4-8-12-21)26(32)19-34-18-22-13-14-23(28)16-24(22)29/h3-14,16,25H,2,15,17-19H2,1H3,(H,30,33)/t25-/m0/s1. The SMILES string of the molecule is CCNC(=O)[C@H](Cc1ccccc1)N(Cc1ccccc1)C(=O)CSCc1ccc(Cl)cc1Cl. The van der Waals surface area contributed by atoms with Crippen LogP contribution in [0.5, 0.6) is 0 Å². The first kappa shape index (κ1) is 26.1. The summed E-state index contributed by atoms with van der Waals surface area (Å²) in [6.45, 7) is 2.74. The summed E-state index contributed by atoms with van der Waals surface area (Å²) in [5.74, 6) is 0.564. The summed E-state index contributed by atoms with van der Waals surface area (Å²) in [4.78, 5) is 28.3. The molecule has 3 aromatic rings. The summed E-state index contributed by atoms with van der Waals surface area (Å²) in [6, 6.07) is 24.3. The predicted molar refractivity (Wildman–Crippen MR) is 142 cm³/mol. The van der Waals surface area contributed by atoms with Crippen LogP contribution in [0.15, 0.2) is 78.9 Å². The topological polar surface area (TPSA) is 49.4 Å². The molecule has 3 aromatic carbocycles. The number of nitrogens with zero attached hydrogens (tertiary/aromatic N) is 1. The monoisotopic (exact) mass is 514 g/mol. The van der Waals surface area contributed by atoms with Crippen LogP contribution in [0.3, 0.4) is 0 Å². The summed E-state index contributed by atoms with van der Waals surface area (Å²) in [5.41, 5.74) is 2.90. The molecule has 0 unspecified atom stereocenters. The summed E-state index contributed by atoms with van der Waals surface area (Å²) in [5, 5.41) is 4.07. The molecule has 0 saturated heterocycles. The first-order valence-corrected chi connectivity index (χ1v) is 13.1. The lowest BCUT2D eigenvalue weighted by atomic mass is 10.0. The highest BCUT2D eigenvalue weighted by Gasteiger charge is 2.30. The van der Waals surface area contributed by atoms with Gasteiger partial charge in [0.1, 0.15) is 6.04 Å². The van der Waals surface area contributed by atoms with Gasteiger partial charge in [-0.25, -0.2) is 0 Å². The van der Waals surface area contributed by atoms with Crippen LogP contribution in [-0.4, -0.2) is 35.1 Å². The number of nitrogens with one attached hydrogen (secondary N) is 1. The maximum absolute atomic E-state index is 13.5. The molecule has 0 aliphatic rings. The molecule has 0 bridgehead atoms. The lowest BCUT2D eigenvalue weighted by Crippen LogP contribution is -2.51. The van der Waals surface area contributed by atoms with Crippen molar-refractivity contribution in [1.29, 1.82) is 0 Å². The van der Waals surface area contributed by atoms with Crippen molar-refractivity contribution in [3.63, 3.8) is 0 Å². The minimum atomic E-state index is -0.616. The first-order valence-electron chi connectivity index (χ1n) is 11.1. The molecule has 0 saturated carbocycles. The van der Waals surface area contributed by atoms with Gasteiger partial charge in [-0.1, -0.05) is 89.9 Å². The van der Waals surface area contributed by atoms with Crippen molar-refractivity contribution in [1.82, 2.24) is 10.2 Å². The zero-order chi connectivity index (χ0) is 24.3. The lowest BCUT2D eigenvalue weighted by Gasteiger charge is -2.31. The number of thioether (sulfide) groups is 1. The van der Waals surface area contributed by atoms with E-state index in [1.54, 1.807) is 17.0 Å². The second-order valence-electron chi connectivity index (χ2n) is 7.84. The zero-order valence-electron chi connectivity index (χ0n) is 19.0. The molecule has 0 aliphatic heterocycles. The van der Waals surface area contributed by atoms with Crippen molar-refractivity contribution >= 4 is 46.8 Å². The second-order valence-corrected chi connectivity index (χ2v) is 9.67. The molecular weight excluding hydrogens is 487 g/mol. The van der Waals surface area contributed by atoms with Crippen LogP contribution < -0.4 is 5.32 Å². The summed E-state index contributed by atoms with van der Waals surface area (Å²) < 4.78 is 0. The van der Waals surface area contributed by atoms with Crippen molar-refractivity contribution in [3.8, 4) is 0 Å². The van der Waals surface area contributed by atoms with Crippen LogP contribution in [0.1, 0.15) is 23.6 Å². The fourth-order valence-electron chi connectivity index (χ4n) is 3.60. The summed E-state index contributed by atoms with van der Waals surface area (Å²) in [6.07, 6.45) is 0.443. The van der Waals surface area contributed by atoms with Crippen molar-refractivity contribution in [3.05, 3.63) is 106 Å². The molecule has 0 aromatic heterocycles. The molecule has 7 heteroatoms. The first-order chi connectivity index (χ1) is 16.5. The Hall–Kier alpha value is -2.47. The van der Waals surface area contributed by atoms with Crippen LogP contribution in [-0.2, 0) is 28.3 Å². The largest absolute Gasteiger partial charge is 0.355 e. The van der Waals surface area contributed by atoms with Gasteiger partial charge in [0.2, 0.25) is 11.8 Å². The Morgan fingerprint density at radius 2 is 1.59 bits per heavy atom. The molecule has 3 rings (SSSR count). The molecule has 0 fully saturated rings. The van der Waals surface area contributed by atoms with E-state index in [1.165, 1.54) is 11.8 Å². The summed E-state index contributed by atoms with van der Waals surface area (Å²) in [7, 11) is 0. The Morgan fingerprint density at radius 1 is 0.941 bits per heavy atom.